The third kappa shape index (κ3) is 2.84. The second-order valence-corrected chi connectivity index (χ2v) is 6.13. The van der Waals surface area contributed by atoms with Crippen LogP contribution in [0.15, 0.2) is 24.3 Å². The van der Waals surface area contributed by atoms with Crippen LogP contribution in [-0.2, 0) is 4.79 Å². The maximum atomic E-state index is 13.3. The maximum Gasteiger partial charge on any atom is 0.244 e. The Balaban J connectivity index is 1.93. The number of hydrogen-bond donors (Lipinski definition) is 1. The molecule has 0 unspecified atom stereocenters. The van der Waals surface area contributed by atoms with E-state index in [0.717, 1.165) is 24.0 Å². The molecule has 2 aliphatic rings. The van der Waals surface area contributed by atoms with Crippen molar-refractivity contribution in [2.45, 2.75) is 44.8 Å². The van der Waals surface area contributed by atoms with Crippen LogP contribution >= 0.6 is 0 Å². The first-order valence-electron chi connectivity index (χ1n) is 6.93. The molecule has 1 aliphatic heterocycles. The molecule has 1 saturated carbocycles. The Morgan fingerprint density at radius 2 is 2.20 bits per heavy atom. The number of fused-ring (bicyclic) bond motifs is 1. The molecule has 1 aromatic carbocycles. The van der Waals surface area contributed by atoms with Crippen molar-refractivity contribution in [2.75, 3.05) is 0 Å². The van der Waals surface area contributed by atoms with Gasteiger partial charge >= 0.3 is 0 Å². The zero-order valence-electron chi connectivity index (χ0n) is 11.7. The van der Waals surface area contributed by atoms with E-state index in [1.54, 1.807) is 12.1 Å². The van der Waals surface area contributed by atoms with Gasteiger partial charge < -0.3 is 10.1 Å². The molecule has 0 spiro atoms. The molecule has 1 N–H and O–H groups in total. The average molecular weight is 275 g/mol. The molecule has 3 nitrogen and oxygen atoms in total. The zero-order chi connectivity index (χ0) is 14.3. The lowest BCUT2D eigenvalue weighted by atomic mass is 9.89. The molecule has 1 aromatic rings. The summed E-state index contributed by atoms with van der Waals surface area (Å²) < 4.78 is 19.1. The van der Waals surface area contributed by atoms with Crippen LogP contribution in [-0.4, -0.2) is 17.6 Å². The van der Waals surface area contributed by atoms with Crippen molar-refractivity contribution < 1.29 is 13.9 Å². The van der Waals surface area contributed by atoms with E-state index in [0.29, 0.717) is 18.2 Å². The summed E-state index contributed by atoms with van der Waals surface area (Å²) in [6, 6.07) is 4.78. The highest BCUT2D eigenvalue weighted by atomic mass is 19.1. The number of hydrogen-bond acceptors (Lipinski definition) is 2. The molecule has 0 bridgehead atoms. The van der Waals surface area contributed by atoms with Gasteiger partial charge in [-0.1, -0.05) is 0 Å². The lowest BCUT2D eigenvalue weighted by Gasteiger charge is -2.34. The first kappa shape index (κ1) is 13.2. The molecule has 1 amide bonds. The number of benzene rings is 1. The molecular weight excluding hydrogens is 257 g/mol. The van der Waals surface area contributed by atoms with Crippen molar-refractivity contribution in [3.63, 3.8) is 0 Å². The Morgan fingerprint density at radius 1 is 1.45 bits per heavy atom. The van der Waals surface area contributed by atoms with Crippen LogP contribution in [0.25, 0.3) is 5.57 Å². The van der Waals surface area contributed by atoms with Gasteiger partial charge in [-0.3, -0.25) is 4.79 Å². The molecular formula is C16H18FNO2. The van der Waals surface area contributed by atoms with E-state index in [-0.39, 0.29) is 11.7 Å². The Hall–Kier alpha value is -1.84. The average Bonchev–Trinajstić information content (AvgIpc) is 3.10. The van der Waals surface area contributed by atoms with Crippen molar-refractivity contribution in [1.29, 1.82) is 0 Å². The molecule has 1 fully saturated rings. The van der Waals surface area contributed by atoms with Gasteiger partial charge in [0.25, 0.3) is 0 Å². The highest BCUT2D eigenvalue weighted by Gasteiger charge is 2.31. The van der Waals surface area contributed by atoms with E-state index < -0.39 is 5.60 Å². The SMILES string of the molecule is CC1(C)CC(=CC(=O)NC2CC2)c2ccc(F)cc2O1. The Kier molecular flexibility index (Phi) is 3.04. The number of carbonyl (C=O) groups excluding carboxylic acids is 1. The van der Waals surface area contributed by atoms with Crippen LogP contribution < -0.4 is 10.1 Å². The van der Waals surface area contributed by atoms with E-state index in [1.165, 1.54) is 12.1 Å². The molecule has 1 heterocycles. The van der Waals surface area contributed by atoms with E-state index in [4.69, 9.17) is 4.74 Å². The topological polar surface area (TPSA) is 38.3 Å². The third-order valence-corrected chi connectivity index (χ3v) is 3.52. The van der Waals surface area contributed by atoms with Crippen molar-refractivity contribution >= 4 is 11.5 Å². The largest absolute Gasteiger partial charge is 0.487 e. The number of nitrogens with one attached hydrogen (secondary N) is 1. The van der Waals surface area contributed by atoms with Crippen LogP contribution in [0.1, 0.15) is 38.7 Å². The number of amides is 1. The van der Waals surface area contributed by atoms with Crippen LogP contribution in [0.2, 0.25) is 0 Å². The summed E-state index contributed by atoms with van der Waals surface area (Å²) in [5.74, 6) is 0.102. The predicted molar refractivity (Wildman–Crippen MR) is 74.9 cm³/mol. The summed E-state index contributed by atoms with van der Waals surface area (Å²) in [5, 5.41) is 2.94. The van der Waals surface area contributed by atoms with Gasteiger partial charge in [-0.25, -0.2) is 4.39 Å². The molecule has 0 saturated heterocycles. The van der Waals surface area contributed by atoms with Gasteiger partial charge in [-0.05, 0) is 44.4 Å². The normalized spacial score (nSPS) is 22.1. The first-order chi connectivity index (χ1) is 9.43. The predicted octanol–water partition coefficient (Wildman–Crippen LogP) is 3.05. The summed E-state index contributed by atoms with van der Waals surface area (Å²) in [7, 11) is 0. The second kappa shape index (κ2) is 4.62. The monoisotopic (exact) mass is 275 g/mol. The highest BCUT2D eigenvalue weighted by molar-refractivity contribution is 5.96. The van der Waals surface area contributed by atoms with Gasteiger partial charge in [0, 0.05) is 30.2 Å². The van der Waals surface area contributed by atoms with E-state index in [1.807, 2.05) is 13.8 Å². The van der Waals surface area contributed by atoms with Crippen LogP contribution in [0, 0.1) is 5.82 Å². The number of rotatable bonds is 2. The van der Waals surface area contributed by atoms with Crippen molar-refractivity contribution in [2.24, 2.45) is 0 Å². The Morgan fingerprint density at radius 3 is 2.90 bits per heavy atom. The minimum Gasteiger partial charge on any atom is -0.487 e. The van der Waals surface area contributed by atoms with E-state index >= 15 is 0 Å². The van der Waals surface area contributed by atoms with Gasteiger partial charge in [0.1, 0.15) is 17.2 Å². The first-order valence-corrected chi connectivity index (χ1v) is 6.93. The number of ether oxygens (including phenoxy) is 1. The Labute approximate surface area is 117 Å². The fraction of sp³-hybridized carbons (Fsp3) is 0.438. The number of halogens is 1. The minimum atomic E-state index is -0.438. The third-order valence-electron chi connectivity index (χ3n) is 3.52. The number of carbonyl (C=O) groups is 1. The van der Waals surface area contributed by atoms with E-state index in [9.17, 15) is 9.18 Å². The smallest absolute Gasteiger partial charge is 0.244 e. The lowest BCUT2D eigenvalue weighted by molar-refractivity contribution is -0.116. The highest BCUT2D eigenvalue weighted by Crippen LogP contribution is 2.40. The zero-order valence-corrected chi connectivity index (χ0v) is 11.7. The van der Waals surface area contributed by atoms with Gasteiger partial charge in [0.05, 0.1) is 0 Å². The minimum absolute atomic E-state index is 0.0736. The van der Waals surface area contributed by atoms with Gasteiger partial charge in [-0.15, -0.1) is 0 Å². The van der Waals surface area contributed by atoms with Crippen LogP contribution in [0.5, 0.6) is 5.75 Å². The van der Waals surface area contributed by atoms with Gasteiger partial charge in [-0.2, -0.15) is 0 Å². The molecule has 20 heavy (non-hydrogen) atoms. The maximum absolute atomic E-state index is 13.3. The summed E-state index contributed by atoms with van der Waals surface area (Å²) >= 11 is 0. The summed E-state index contributed by atoms with van der Waals surface area (Å²) in [6.07, 6.45) is 4.37. The molecule has 4 heteroatoms. The van der Waals surface area contributed by atoms with Crippen LogP contribution in [0.4, 0.5) is 4.39 Å². The molecule has 106 valence electrons. The van der Waals surface area contributed by atoms with Crippen molar-refractivity contribution in [1.82, 2.24) is 5.32 Å². The van der Waals surface area contributed by atoms with Crippen LogP contribution in [0.3, 0.4) is 0 Å². The molecule has 1 aliphatic carbocycles. The molecule has 0 radical (unpaired) electrons. The van der Waals surface area contributed by atoms with Crippen molar-refractivity contribution in [3.05, 3.63) is 35.7 Å². The standard InChI is InChI=1S/C16H18FNO2/c1-16(2)9-10(7-15(19)18-12-4-5-12)13-6-3-11(17)8-14(13)20-16/h3,6-8,12H,4-5,9H2,1-2H3,(H,18,19). The van der Waals surface area contributed by atoms with E-state index in [2.05, 4.69) is 5.32 Å². The van der Waals surface area contributed by atoms with Gasteiger partial charge in [0.15, 0.2) is 0 Å². The van der Waals surface area contributed by atoms with Gasteiger partial charge in [0.2, 0.25) is 5.91 Å². The Bertz CT molecular complexity index is 588. The summed E-state index contributed by atoms with van der Waals surface area (Å²) in [5.41, 5.74) is 1.26. The molecule has 0 aromatic heterocycles. The molecule has 3 rings (SSSR count). The fourth-order valence-corrected chi connectivity index (χ4v) is 2.49. The second-order valence-electron chi connectivity index (χ2n) is 6.13. The van der Waals surface area contributed by atoms with Crippen molar-refractivity contribution in [3.8, 4) is 5.75 Å². The fourth-order valence-electron chi connectivity index (χ4n) is 2.49. The summed E-state index contributed by atoms with van der Waals surface area (Å²) in [4.78, 5) is 11.9. The molecule has 0 atom stereocenters. The summed E-state index contributed by atoms with van der Waals surface area (Å²) in [6.45, 7) is 3.88. The lowest BCUT2D eigenvalue weighted by Crippen LogP contribution is -2.33. The quantitative estimate of drug-likeness (QED) is 0.842.